The van der Waals surface area contributed by atoms with Gasteiger partial charge in [-0.25, -0.2) is 19.6 Å². The average Bonchev–Trinajstić information content (AvgIpc) is 2.92. The summed E-state index contributed by atoms with van der Waals surface area (Å²) >= 11 is 0. The van der Waals surface area contributed by atoms with Crippen LogP contribution in [0.3, 0.4) is 0 Å². The molecular formula is C12H13N5O3. The second-order valence-corrected chi connectivity index (χ2v) is 3.99. The van der Waals surface area contributed by atoms with Gasteiger partial charge in [0.1, 0.15) is 11.9 Å². The van der Waals surface area contributed by atoms with Crippen molar-refractivity contribution in [1.29, 1.82) is 0 Å². The van der Waals surface area contributed by atoms with Crippen LogP contribution in [0.4, 0.5) is 10.6 Å². The number of H-pyrrole nitrogens is 1. The Hall–Kier alpha value is -2.90. The Morgan fingerprint density at radius 3 is 2.85 bits per heavy atom. The zero-order chi connectivity index (χ0) is 14.4. The molecule has 2 aromatic heterocycles. The van der Waals surface area contributed by atoms with E-state index >= 15 is 0 Å². The largest absolute Gasteiger partial charge is 0.480 e. The number of pyridine rings is 1. The fraction of sp³-hybridized carbons (Fsp3) is 0.167. The minimum Gasteiger partial charge on any atom is -0.480 e. The summed E-state index contributed by atoms with van der Waals surface area (Å²) in [6.45, 7) is 0. The third-order valence-corrected chi connectivity index (χ3v) is 2.49. The van der Waals surface area contributed by atoms with E-state index in [4.69, 9.17) is 5.11 Å². The fourth-order valence-electron chi connectivity index (χ4n) is 1.56. The van der Waals surface area contributed by atoms with E-state index in [0.717, 1.165) is 0 Å². The Morgan fingerprint density at radius 2 is 2.25 bits per heavy atom. The van der Waals surface area contributed by atoms with Crippen molar-refractivity contribution in [2.24, 2.45) is 0 Å². The molecule has 8 heteroatoms. The molecule has 0 aromatic carbocycles. The summed E-state index contributed by atoms with van der Waals surface area (Å²) < 4.78 is 0. The van der Waals surface area contributed by atoms with Crippen LogP contribution < -0.4 is 10.6 Å². The van der Waals surface area contributed by atoms with Crippen LogP contribution in [-0.2, 0) is 11.2 Å². The minimum absolute atomic E-state index is 0.116. The molecule has 8 nitrogen and oxygen atoms in total. The molecule has 1 unspecified atom stereocenters. The molecule has 0 aliphatic rings. The van der Waals surface area contributed by atoms with E-state index < -0.39 is 18.0 Å². The summed E-state index contributed by atoms with van der Waals surface area (Å²) in [5, 5.41) is 13.9. The normalized spacial score (nSPS) is 11.6. The van der Waals surface area contributed by atoms with Gasteiger partial charge in [0.2, 0.25) is 0 Å². The lowest BCUT2D eigenvalue weighted by atomic mass is 10.2. The second kappa shape index (κ2) is 6.32. The van der Waals surface area contributed by atoms with Gasteiger partial charge in [0.25, 0.3) is 0 Å². The monoisotopic (exact) mass is 275 g/mol. The van der Waals surface area contributed by atoms with Crippen molar-refractivity contribution in [3.8, 4) is 0 Å². The molecule has 0 saturated carbocycles. The van der Waals surface area contributed by atoms with Gasteiger partial charge >= 0.3 is 12.0 Å². The fourth-order valence-corrected chi connectivity index (χ4v) is 1.56. The molecule has 1 atom stereocenters. The van der Waals surface area contributed by atoms with Crippen LogP contribution in [0.15, 0.2) is 36.9 Å². The standard InChI is InChI=1S/C12H13N5O3/c18-11(19)9(5-8-6-13-7-15-8)16-12(20)17-10-3-1-2-4-14-10/h1-4,6-7,9H,5H2,(H,13,15)(H,18,19)(H2,14,16,17,20). The maximum absolute atomic E-state index is 11.7. The number of amides is 2. The van der Waals surface area contributed by atoms with Gasteiger partial charge in [0.05, 0.1) is 6.33 Å². The average molecular weight is 275 g/mol. The van der Waals surface area contributed by atoms with E-state index in [1.54, 1.807) is 18.2 Å². The van der Waals surface area contributed by atoms with Crippen molar-refractivity contribution < 1.29 is 14.7 Å². The molecule has 0 fully saturated rings. The Bertz CT molecular complexity index is 570. The first-order valence-corrected chi connectivity index (χ1v) is 5.84. The van der Waals surface area contributed by atoms with Gasteiger partial charge in [0, 0.05) is 24.5 Å². The SMILES string of the molecule is O=C(Nc1ccccn1)NC(Cc1cnc[nH]1)C(=O)O. The zero-order valence-corrected chi connectivity index (χ0v) is 10.4. The highest BCUT2D eigenvalue weighted by molar-refractivity contribution is 5.91. The van der Waals surface area contributed by atoms with Crippen LogP contribution in [0, 0.1) is 0 Å². The van der Waals surface area contributed by atoms with E-state index in [1.165, 1.54) is 18.7 Å². The molecule has 0 saturated heterocycles. The number of hydrogen-bond acceptors (Lipinski definition) is 4. The molecule has 0 bridgehead atoms. The third kappa shape index (κ3) is 3.80. The van der Waals surface area contributed by atoms with E-state index in [2.05, 4.69) is 25.6 Å². The molecular weight excluding hydrogens is 262 g/mol. The number of carboxylic acids is 1. The van der Waals surface area contributed by atoms with Crippen LogP contribution in [-0.4, -0.2) is 38.1 Å². The summed E-state index contributed by atoms with van der Waals surface area (Å²) in [5.41, 5.74) is 0.621. The summed E-state index contributed by atoms with van der Waals surface area (Å²) in [6.07, 6.45) is 4.59. The summed E-state index contributed by atoms with van der Waals surface area (Å²) in [5.74, 6) is -0.786. The maximum Gasteiger partial charge on any atom is 0.326 e. The number of carbonyl (C=O) groups is 2. The van der Waals surface area contributed by atoms with Gasteiger partial charge < -0.3 is 15.4 Å². The predicted octanol–water partition coefficient (Wildman–Crippen LogP) is 0.622. The van der Waals surface area contributed by atoms with Gasteiger partial charge in [-0.3, -0.25) is 5.32 Å². The third-order valence-electron chi connectivity index (χ3n) is 2.49. The van der Waals surface area contributed by atoms with Crippen LogP contribution in [0.5, 0.6) is 0 Å². The molecule has 0 radical (unpaired) electrons. The Balaban J connectivity index is 1.94. The van der Waals surface area contributed by atoms with Gasteiger partial charge in [-0.05, 0) is 12.1 Å². The van der Waals surface area contributed by atoms with E-state index in [-0.39, 0.29) is 6.42 Å². The molecule has 0 spiro atoms. The van der Waals surface area contributed by atoms with Gasteiger partial charge in [-0.15, -0.1) is 0 Å². The zero-order valence-electron chi connectivity index (χ0n) is 10.4. The van der Waals surface area contributed by atoms with Crippen LogP contribution in [0.2, 0.25) is 0 Å². The molecule has 2 rings (SSSR count). The first-order valence-electron chi connectivity index (χ1n) is 5.84. The number of anilines is 1. The number of aromatic nitrogens is 3. The highest BCUT2D eigenvalue weighted by atomic mass is 16.4. The van der Waals surface area contributed by atoms with Crippen LogP contribution >= 0.6 is 0 Å². The summed E-state index contributed by atoms with van der Waals surface area (Å²) in [4.78, 5) is 33.3. The van der Waals surface area contributed by atoms with Gasteiger partial charge in [0.15, 0.2) is 0 Å². The number of nitrogens with zero attached hydrogens (tertiary/aromatic N) is 2. The summed E-state index contributed by atoms with van der Waals surface area (Å²) in [7, 11) is 0. The number of aliphatic carboxylic acids is 1. The number of rotatable bonds is 5. The van der Waals surface area contributed by atoms with Crippen molar-refractivity contribution in [1.82, 2.24) is 20.3 Å². The number of hydrogen-bond donors (Lipinski definition) is 4. The molecule has 4 N–H and O–H groups in total. The van der Waals surface area contributed by atoms with E-state index in [9.17, 15) is 9.59 Å². The van der Waals surface area contributed by atoms with Crippen molar-refractivity contribution in [2.75, 3.05) is 5.32 Å². The minimum atomic E-state index is -1.13. The van der Waals surface area contributed by atoms with Crippen molar-refractivity contribution >= 4 is 17.8 Å². The molecule has 0 aliphatic carbocycles. The number of nitrogens with one attached hydrogen (secondary N) is 3. The highest BCUT2D eigenvalue weighted by Gasteiger charge is 2.21. The van der Waals surface area contributed by atoms with Crippen LogP contribution in [0.1, 0.15) is 5.69 Å². The quantitative estimate of drug-likeness (QED) is 0.637. The lowest BCUT2D eigenvalue weighted by molar-refractivity contribution is -0.139. The topological polar surface area (TPSA) is 120 Å². The van der Waals surface area contributed by atoms with Crippen molar-refractivity contribution in [3.05, 3.63) is 42.6 Å². The Morgan fingerprint density at radius 1 is 1.40 bits per heavy atom. The van der Waals surface area contributed by atoms with E-state index in [0.29, 0.717) is 11.5 Å². The molecule has 0 aliphatic heterocycles. The first kappa shape index (κ1) is 13.5. The molecule has 2 aromatic rings. The predicted molar refractivity (Wildman–Crippen MR) is 70.1 cm³/mol. The number of carbonyl (C=O) groups excluding carboxylic acids is 1. The van der Waals surface area contributed by atoms with Gasteiger partial charge in [-0.2, -0.15) is 0 Å². The Kier molecular flexibility index (Phi) is 4.28. The molecule has 2 amide bonds. The number of urea groups is 1. The first-order chi connectivity index (χ1) is 9.65. The molecule has 20 heavy (non-hydrogen) atoms. The molecule has 104 valence electrons. The highest BCUT2D eigenvalue weighted by Crippen LogP contribution is 2.02. The lowest BCUT2D eigenvalue weighted by Crippen LogP contribution is -2.44. The van der Waals surface area contributed by atoms with Crippen LogP contribution in [0.25, 0.3) is 0 Å². The van der Waals surface area contributed by atoms with Crippen molar-refractivity contribution in [3.63, 3.8) is 0 Å². The Labute approximate surface area is 114 Å². The van der Waals surface area contributed by atoms with Crippen molar-refractivity contribution in [2.45, 2.75) is 12.5 Å². The smallest absolute Gasteiger partial charge is 0.326 e. The van der Waals surface area contributed by atoms with Gasteiger partial charge in [-0.1, -0.05) is 6.07 Å². The van der Waals surface area contributed by atoms with E-state index in [1.807, 2.05) is 0 Å². The maximum atomic E-state index is 11.7. The number of carboxylic acid groups (broad SMARTS) is 1. The summed E-state index contributed by atoms with van der Waals surface area (Å²) in [6, 6.07) is 3.34. The second-order valence-electron chi connectivity index (χ2n) is 3.99. The molecule has 2 heterocycles. The number of imidazole rings is 1. The number of aromatic amines is 1. The lowest BCUT2D eigenvalue weighted by Gasteiger charge is -2.14.